The maximum atomic E-state index is 12.9. The van der Waals surface area contributed by atoms with Gasteiger partial charge in [-0.05, 0) is 33.3 Å². The SMILES string of the molecule is CCOC(=O)CCN(Cc1ccccc1)C(=O)C(C)(C)C(=O)OCC. The molecule has 0 N–H and O–H groups in total. The molecule has 0 saturated heterocycles. The Balaban J connectivity index is 2.93. The van der Waals surface area contributed by atoms with Gasteiger partial charge in [0.1, 0.15) is 5.41 Å². The molecule has 6 heteroatoms. The lowest BCUT2D eigenvalue weighted by molar-refractivity contribution is -0.163. The minimum absolute atomic E-state index is 0.0747. The fraction of sp³-hybridized carbons (Fsp3) is 0.526. The molecule has 0 fully saturated rings. The van der Waals surface area contributed by atoms with E-state index in [1.54, 1.807) is 13.8 Å². The molecular formula is C19H27NO5. The molecule has 0 aromatic heterocycles. The van der Waals surface area contributed by atoms with Crippen LogP contribution in [0.15, 0.2) is 30.3 Å². The van der Waals surface area contributed by atoms with Crippen LogP contribution in [0.3, 0.4) is 0 Å². The topological polar surface area (TPSA) is 72.9 Å². The summed E-state index contributed by atoms with van der Waals surface area (Å²) in [5, 5.41) is 0. The zero-order valence-corrected chi connectivity index (χ0v) is 15.4. The van der Waals surface area contributed by atoms with Gasteiger partial charge in [-0.2, -0.15) is 0 Å². The van der Waals surface area contributed by atoms with Crippen LogP contribution in [0.4, 0.5) is 0 Å². The monoisotopic (exact) mass is 349 g/mol. The van der Waals surface area contributed by atoms with E-state index in [1.807, 2.05) is 30.3 Å². The van der Waals surface area contributed by atoms with Crippen molar-refractivity contribution in [2.45, 2.75) is 40.7 Å². The molecule has 0 aliphatic carbocycles. The highest BCUT2D eigenvalue weighted by Gasteiger charge is 2.40. The average Bonchev–Trinajstić information content (AvgIpc) is 2.59. The average molecular weight is 349 g/mol. The van der Waals surface area contributed by atoms with Crippen LogP contribution < -0.4 is 0 Å². The number of amides is 1. The van der Waals surface area contributed by atoms with Crippen LogP contribution in [0.1, 0.15) is 39.7 Å². The van der Waals surface area contributed by atoms with E-state index in [4.69, 9.17) is 9.47 Å². The van der Waals surface area contributed by atoms with Crippen molar-refractivity contribution in [3.05, 3.63) is 35.9 Å². The van der Waals surface area contributed by atoms with Gasteiger partial charge in [0.05, 0.1) is 19.6 Å². The van der Waals surface area contributed by atoms with E-state index in [9.17, 15) is 14.4 Å². The molecule has 0 saturated carbocycles. The lowest BCUT2D eigenvalue weighted by Crippen LogP contribution is -2.46. The molecule has 25 heavy (non-hydrogen) atoms. The number of carbonyl (C=O) groups excluding carboxylic acids is 3. The smallest absolute Gasteiger partial charge is 0.321 e. The summed E-state index contributed by atoms with van der Waals surface area (Å²) in [4.78, 5) is 38.2. The standard InChI is InChI=1S/C19H27NO5/c1-5-24-16(21)12-13-20(14-15-10-8-7-9-11-15)17(22)19(3,4)18(23)25-6-2/h7-11H,5-6,12-14H2,1-4H3. The Morgan fingerprint density at radius 1 is 1.00 bits per heavy atom. The second kappa shape index (κ2) is 9.81. The molecule has 0 spiro atoms. The quantitative estimate of drug-likeness (QED) is 0.506. The van der Waals surface area contributed by atoms with Crippen LogP contribution in [0.2, 0.25) is 0 Å². The summed E-state index contributed by atoms with van der Waals surface area (Å²) in [6, 6.07) is 9.42. The van der Waals surface area contributed by atoms with Crippen molar-refractivity contribution >= 4 is 17.8 Å². The molecule has 0 aliphatic heterocycles. The predicted octanol–water partition coefficient (Wildman–Crippen LogP) is 2.56. The number of benzene rings is 1. The minimum Gasteiger partial charge on any atom is -0.466 e. The Morgan fingerprint density at radius 2 is 1.60 bits per heavy atom. The van der Waals surface area contributed by atoms with Crippen molar-refractivity contribution in [2.75, 3.05) is 19.8 Å². The van der Waals surface area contributed by atoms with Gasteiger partial charge in [-0.15, -0.1) is 0 Å². The molecule has 0 heterocycles. The summed E-state index contributed by atoms with van der Waals surface area (Å²) in [5.41, 5.74) is -0.404. The number of hydrogen-bond acceptors (Lipinski definition) is 5. The van der Waals surface area contributed by atoms with Crippen molar-refractivity contribution in [3.8, 4) is 0 Å². The highest BCUT2D eigenvalue weighted by molar-refractivity contribution is 6.01. The first-order valence-electron chi connectivity index (χ1n) is 8.49. The molecule has 0 bridgehead atoms. The van der Waals surface area contributed by atoms with Gasteiger partial charge in [-0.1, -0.05) is 30.3 Å². The number of rotatable bonds is 9. The molecule has 0 atom stereocenters. The lowest BCUT2D eigenvalue weighted by Gasteiger charge is -2.30. The van der Waals surface area contributed by atoms with Crippen molar-refractivity contribution in [1.29, 1.82) is 0 Å². The van der Waals surface area contributed by atoms with Crippen molar-refractivity contribution in [1.82, 2.24) is 4.90 Å². The van der Waals surface area contributed by atoms with Gasteiger partial charge >= 0.3 is 11.9 Å². The number of ether oxygens (including phenoxy) is 2. The predicted molar refractivity (Wildman–Crippen MR) is 93.5 cm³/mol. The Kier molecular flexibility index (Phi) is 8.11. The summed E-state index contributed by atoms with van der Waals surface area (Å²) >= 11 is 0. The van der Waals surface area contributed by atoms with Crippen LogP contribution in [0, 0.1) is 5.41 Å². The third kappa shape index (κ3) is 6.21. The molecule has 0 radical (unpaired) electrons. The molecule has 1 amide bonds. The summed E-state index contributed by atoms with van der Waals surface area (Å²) in [7, 11) is 0. The minimum atomic E-state index is -1.32. The number of carbonyl (C=O) groups is 3. The molecule has 1 aromatic rings. The molecule has 138 valence electrons. The zero-order chi connectivity index (χ0) is 18.9. The van der Waals surface area contributed by atoms with E-state index >= 15 is 0 Å². The molecular weight excluding hydrogens is 322 g/mol. The third-order valence-electron chi connectivity index (χ3n) is 3.72. The second-order valence-corrected chi connectivity index (χ2v) is 6.11. The van der Waals surface area contributed by atoms with E-state index < -0.39 is 11.4 Å². The van der Waals surface area contributed by atoms with E-state index in [0.717, 1.165) is 5.56 Å². The number of nitrogens with zero attached hydrogens (tertiary/aromatic N) is 1. The van der Waals surface area contributed by atoms with Crippen LogP contribution in [-0.2, 0) is 30.4 Å². The normalized spacial score (nSPS) is 10.9. The fourth-order valence-electron chi connectivity index (χ4n) is 2.31. The maximum Gasteiger partial charge on any atom is 0.321 e. The summed E-state index contributed by atoms with van der Waals surface area (Å²) < 4.78 is 9.94. The highest BCUT2D eigenvalue weighted by Crippen LogP contribution is 2.23. The molecule has 0 unspecified atom stereocenters. The van der Waals surface area contributed by atoms with Crippen LogP contribution in [0.25, 0.3) is 0 Å². The van der Waals surface area contributed by atoms with Gasteiger partial charge in [0, 0.05) is 13.1 Å². The van der Waals surface area contributed by atoms with Gasteiger partial charge in [-0.25, -0.2) is 0 Å². The molecule has 0 aliphatic rings. The van der Waals surface area contributed by atoms with Gasteiger partial charge in [0.25, 0.3) is 0 Å². The van der Waals surface area contributed by atoms with Crippen molar-refractivity contribution in [2.24, 2.45) is 5.41 Å². The largest absolute Gasteiger partial charge is 0.466 e. The van der Waals surface area contributed by atoms with Crippen molar-refractivity contribution < 1.29 is 23.9 Å². The third-order valence-corrected chi connectivity index (χ3v) is 3.72. The molecule has 1 rings (SSSR count). The van der Waals surface area contributed by atoms with E-state index in [-0.39, 0.29) is 31.4 Å². The molecule has 6 nitrogen and oxygen atoms in total. The van der Waals surface area contributed by atoms with Gasteiger partial charge in [0.15, 0.2) is 0 Å². The Bertz CT molecular complexity index is 583. The van der Waals surface area contributed by atoms with Gasteiger partial charge < -0.3 is 14.4 Å². The van der Waals surface area contributed by atoms with E-state index in [2.05, 4.69) is 0 Å². The highest BCUT2D eigenvalue weighted by atomic mass is 16.5. The maximum absolute atomic E-state index is 12.9. The first-order chi connectivity index (χ1) is 11.8. The van der Waals surface area contributed by atoms with Crippen LogP contribution >= 0.6 is 0 Å². The van der Waals surface area contributed by atoms with E-state index in [1.165, 1.54) is 18.7 Å². The summed E-state index contributed by atoms with van der Waals surface area (Å²) in [5.74, 6) is -1.32. The van der Waals surface area contributed by atoms with Gasteiger partial charge in [-0.3, -0.25) is 14.4 Å². The summed E-state index contributed by atoms with van der Waals surface area (Å²) in [6.45, 7) is 7.48. The van der Waals surface area contributed by atoms with Crippen LogP contribution in [0.5, 0.6) is 0 Å². The second-order valence-electron chi connectivity index (χ2n) is 6.11. The number of hydrogen-bond donors (Lipinski definition) is 0. The van der Waals surface area contributed by atoms with Gasteiger partial charge in [0.2, 0.25) is 5.91 Å². The Morgan fingerprint density at radius 3 is 2.16 bits per heavy atom. The van der Waals surface area contributed by atoms with Crippen LogP contribution in [-0.4, -0.2) is 42.5 Å². The fourth-order valence-corrected chi connectivity index (χ4v) is 2.31. The Labute approximate surface area is 149 Å². The summed E-state index contributed by atoms with van der Waals surface area (Å²) in [6.07, 6.45) is 0.0747. The first kappa shape index (κ1) is 20.7. The first-order valence-corrected chi connectivity index (χ1v) is 8.49. The Hall–Kier alpha value is -2.37. The zero-order valence-electron chi connectivity index (χ0n) is 15.4. The molecule has 1 aromatic carbocycles. The lowest BCUT2D eigenvalue weighted by atomic mass is 9.91. The van der Waals surface area contributed by atoms with E-state index in [0.29, 0.717) is 13.2 Å². The van der Waals surface area contributed by atoms with Crippen molar-refractivity contribution in [3.63, 3.8) is 0 Å². The number of esters is 2.